The van der Waals surface area contributed by atoms with E-state index in [1.165, 1.54) is 24.3 Å². The molecule has 0 radical (unpaired) electrons. The number of benzene rings is 2. The summed E-state index contributed by atoms with van der Waals surface area (Å²) in [5.74, 6) is -2.82. The molecule has 1 N–H and O–H groups in total. The Bertz CT molecular complexity index is 1790. The van der Waals surface area contributed by atoms with E-state index in [2.05, 4.69) is 6.58 Å². The lowest BCUT2D eigenvalue weighted by molar-refractivity contribution is -0.128. The van der Waals surface area contributed by atoms with E-state index in [1.54, 1.807) is 16.7 Å². The van der Waals surface area contributed by atoms with Gasteiger partial charge >= 0.3 is 0 Å². The van der Waals surface area contributed by atoms with Crippen molar-refractivity contribution in [2.45, 2.75) is 43.3 Å². The molecule has 0 saturated carbocycles. The first-order chi connectivity index (χ1) is 20.3. The molecule has 2 aliphatic heterocycles. The SMILES string of the molecule is C=CC(=O)N1CCN(c2c(S(C)(=O)=O)c(=O)n(C[C@@H]3CCCN3C)c3c(F)c(-c4c(O)cccc4F)c(Cl)cc23)C[C@H]1C. The van der Waals surface area contributed by atoms with Crippen molar-refractivity contribution in [1.29, 1.82) is 0 Å². The number of hydrogen-bond acceptors (Lipinski definition) is 7. The van der Waals surface area contributed by atoms with E-state index >= 15 is 8.78 Å². The van der Waals surface area contributed by atoms with E-state index in [-0.39, 0.29) is 59.7 Å². The fraction of sp³-hybridized carbons (Fsp3) is 0.400. The number of phenols is 1. The number of aromatic nitrogens is 1. The van der Waals surface area contributed by atoms with Crippen molar-refractivity contribution >= 4 is 43.9 Å². The van der Waals surface area contributed by atoms with Crippen LogP contribution in [0.3, 0.4) is 0 Å². The highest BCUT2D eigenvalue weighted by Crippen LogP contribution is 2.44. The van der Waals surface area contributed by atoms with E-state index in [0.717, 1.165) is 29.9 Å². The van der Waals surface area contributed by atoms with E-state index in [4.69, 9.17) is 11.6 Å². The van der Waals surface area contributed by atoms with Crippen LogP contribution < -0.4 is 10.5 Å². The van der Waals surface area contributed by atoms with Gasteiger partial charge in [-0.2, -0.15) is 0 Å². The Morgan fingerprint density at radius 2 is 1.93 bits per heavy atom. The second-order valence-corrected chi connectivity index (χ2v) is 13.6. The van der Waals surface area contributed by atoms with Gasteiger partial charge in [0, 0.05) is 55.5 Å². The Balaban J connectivity index is 1.87. The molecule has 0 aliphatic carbocycles. The maximum atomic E-state index is 16.9. The highest BCUT2D eigenvalue weighted by molar-refractivity contribution is 7.90. The summed E-state index contributed by atoms with van der Waals surface area (Å²) in [5, 5.41) is 10.3. The number of carbonyl (C=O) groups is 1. The number of pyridine rings is 1. The molecule has 5 rings (SSSR count). The zero-order valence-corrected chi connectivity index (χ0v) is 25.7. The second-order valence-electron chi connectivity index (χ2n) is 11.3. The summed E-state index contributed by atoms with van der Waals surface area (Å²) in [4.78, 5) is 31.4. The number of amides is 1. The Morgan fingerprint density at radius 1 is 1.21 bits per heavy atom. The first-order valence-electron chi connectivity index (χ1n) is 13.9. The number of hydrogen-bond donors (Lipinski definition) is 1. The first kappa shape index (κ1) is 31.0. The fourth-order valence-electron chi connectivity index (χ4n) is 6.34. The van der Waals surface area contributed by atoms with Crippen molar-refractivity contribution in [1.82, 2.24) is 14.4 Å². The summed E-state index contributed by atoms with van der Waals surface area (Å²) < 4.78 is 59.7. The zero-order chi connectivity index (χ0) is 31.4. The molecule has 230 valence electrons. The molecule has 3 aromatic rings. The molecule has 1 amide bonds. The van der Waals surface area contributed by atoms with Gasteiger partial charge in [-0.3, -0.25) is 9.59 Å². The summed E-state index contributed by atoms with van der Waals surface area (Å²) in [6.07, 6.45) is 3.67. The van der Waals surface area contributed by atoms with Crippen molar-refractivity contribution in [2.24, 2.45) is 0 Å². The standard InChI is InChI=1S/C30H33ClF2N4O5S/c1-5-23(39)36-13-12-35(15-17(36)2)28-19-14-20(31)24(25-21(32)9-6-10-22(25)38)26(33)27(19)37(16-18-8-7-11-34(18)3)30(40)29(28)43(4,41)42/h5-6,9-10,14,17-18,38H,1,7-8,11-13,15-16H2,2-4H3/t17-,18+/m1/s1. The zero-order valence-electron chi connectivity index (χ0n) is 24.1. The molecule has 2 saturated heterocycles. The van der Waals surface area contributed by atoms with Crippen LogP contribution in [0.4, 0.5) is 14.5 Å². The van der Waals surface area contributed by atoms with Crippen LogP contribution in [-0.2, 0) is 21.2 Å². The number of sulfone groups is 1. The smallest absolute Gasteiger partial charge is 0.272 e. The van der Waals surface area contributed by atoms with Crippen LogP contribution in [0, 0.1) is 11.6 Å². The number of nitrogens with zero attached hydrogens (tertiary/aromatic N) is 4. The number of phenolic OH excluding ortho intramolecular Hbond substituents is 1. The third kappa shape index (κ3) is 5.40. The molecule has 0 unspecified atom stereocenters. The van der Waals surface area contributed by atoms with Crippen LogP contribution in [0.5, 0.6) is 5.75 Å². The molecule has 0 bridgehead atoms. The minimum absolute atomic E-state index is 0.0199. The van der Waals surface area contributed by atoms with Crippen LogP contribution in [-0.4, -0.2) is 85.4 Å². The van der Waals surface area contributed by atoms with Gasteiger partial charge < -0.3 is 24.4 Å². The molecular weight excluding hydrogens is 602 g/mol. The minimum Gasteiger partial charge on any atom is -0.507 e. The van der Waals surface area contributed by atoms with Crippen LogP contribution in [0.15, 0.2) is 46.6 Å². The third-order valence-electron chi connectivity index (χ3n) is 8.45. The lowest BCUT2D eigenvalue weighted by atomic mass is 9.99. The highest BCUT2D eigenvalue weighted by atomic mass is 35.5. The van der Waals surface area contributed by atoms with Gasteiger partial charge in [0.15, 0.2) is 20.5 Å². The van der Waals surface area contributed by atoms with Gasteiger partial charge in [0.2, 0.25) is 5.91 Å². The molecule has 2 aromatic carbocycles. The number of likely N-dealkylation sites (tertiary alicyclic amines) is 1. The fourth-order valence-corrected chi connectivity index (χ4v) is 7.64. The summed E-state index contributed by atoms with van der Waals surface area (Å²) in [7, 11) is -2.31. The lowest BCUT2D eigenvalue weighted by Crippen LogP contribution is -2.54. The van der Waals surface area contributed by atoms with Crippen molar-refractivity contribution in [3.05, 3.63) is 63.9 Å². The van der Waals surface area contributed by atoms with Crippen molar-refractivity contribution < 1.29 is 27.1 Å². The number of rotatable bonds is 6. The molecule has 2 fully saturated rings. The Hall–Kier alpha value is -3.48. The number of piperazine rings is 1. The van der Waals surface area contributed by atoms with Gasteiger partial charge in [-0.25, -0.2) is 17.2 Å². The topological polar surface area (TPSA) is 103 Å². The average Bonchev–Trinajstić information content (AvgIpc) is 3.34. The van der Waals surface area contributed by atoms with Crippen LogP contribution >= 0.6 is 11.6 Å². The quantitative estimate of drug-likeness (QED) is 0.409. The molecule has 9 nitrogen and oxygen atoms in total. The van der Waals surface area contributed by atoms with Crippen LogP contribution in [0.25, 0.3) is 22.0 Å². The number of anilines is 1. The molecule has 43 heavy (non-hydrogen) atoms. The number of halogens is 3. The van der Waals surface area contributed by atoms with Gasteiger partial charge in [-0.15, -0.1) is 0 Å². The summed E-state index contributed by atoms with van der Waals surface area (Å²) >= 11 is 6.62. The summed E-state index contributed by atoms with van der Waals surface area (Å²) in [6.45, 7) is 6.53. The number of likely N-dealkylation sites (N-methyl/N-ethyl adjacent to an activating group) is 1. The number of aromatic hydroxyl groups is 1. The van der Waals surface area contributed by atoms with Crippen molar-refractivity contribution in [2.75, 3.05) is 44.4 Å². The van der Waals surface area contributed by atoms with Gasteiger partial charge in [0.1, 0.15) is 11.6 Å². The Labute approximate surface area is 253 Å². The van der Waals surface area contributed by atoms with E-state index < -0.39 is 54.8 Å². The van der Waals surface area contributed by atoms with Crippen molar-refractivity contribution in [3.63, 3.8) is 0 Å². The molecule has 13 heteroatoms. The predicted molar refractivity (Wildman–Crippen MR) is 163 cm³/mol. The Kier molecular flexibility index (Phi) is 8.32. The third-order valence-corrected chi connectivity index (χ3v) is 9.86. The molecule has 2 atom stereocenters. The van der Waals surface area contributed by atoms with Crippen LogP contribution in [0.1, 0.15) is 19.8 Å². The predicted octanol–water partition coefficient (Wildman–Crippen LogP) is 4.03. The van der Waals surface area contributed by atoms with Crippen LogP contribution in [0.2, 0.25) is 5.02 Å². The largest absolute Gasteiger partial charge is 0.507 e. The average molecular weight is 635 g/mol. The highest BCUT2D eigenvalue weighted by Gasteiger charge is 2.36. The van der Waals surface area contributed by atoms with E-state index in [0.29, 0.717) is 6.42 Å². The monoisotopic (exact) mass is 634 g/mol. The molecular formula is C30H33ClF2N4O5S. The summed E-state index contributed by atoms with van der Waals surface area (Å²) in [5.41, 5.74) is -2.09. The second kappa shape index (κ2) is 11.5. The maximum absolute atomic E-state index is 16.9. The summed E-state index contributed by atoms with van der Waals surface area (Å²) in [6, 6.07) is 4.26. The van der Waals surface area contributed by atoms with Crippen molar-refractivity contribution in [3.8, 4) is 16.9 Å². The molecule has 2 aliphatic rings. The van der Waals surface area contributed by atoms with E-state index in [9.17, 15) is 23.1 Å². The van der Waals surface area contributed by atoms with Gasteiger partial charge in [-0.1, -0.05) is 24.2 Å². The van der Waals surface area contributed by atoms with Gasteiger partial charge in [-0.05, 0) is 57.6 Å². The molecule has 0 spiro atoms. The Morgan fingerprint density at radius 3 is 2.51 bits per heavy atom. The normalized spacial score (nSPS) is 19.8. The minimum atomic E-state index is -4.18. The number of carbonyl (C=O) groups excluding carboxylic acids is 1. The first-order valence-corrected chi connectivity index (χ1v) is 16.2. The maximum Gasteiger partial charge on any atom is 0.272 e. The lowest BCUT2D eigenvalue weighted by Gasteiger charge is -2.41. The van der Waals surface area contributed by atoms with E-state index in [1.807, 2.05) is 11.9 Å². The molecule has 1 aromatic heterocycles. The van der Waals surface area contributed by atoms with Gasteiger partial charge in [0.05, 0.1) is 21.8 Å². The molecule has 3 heterocycles. The van der Waals surface area contributed by atoms with Gasteiger partial charge in [0.25, 0.3) is 5.56 Å². The number of fused-ring (bicyclic) bond motifs is 1.